The number of hydrogen-bond acceptors (Lipinski definition) is 7. The molecule has 0 amide bonds. The van der Waals surface area contributed by atoms with Crippen LogP contribution in [0.2, 0.25) is 0 Å². The van der Waals surface area contributed by atoms with Gasteiger partial charge in [0.05, 0.1) is 12.7 Å². The van der Waals surface area contributed by atoms with Crippen molar-refractivity contribution in [3.8, 4) is 11.8 Å². The van der Waals surface area contributed by atoms with Gasteiger partial charge in [0, 0.05) is 35.4 Å². The van der Waals surface area contributed by atoms with Crippen LogP contribution in [0.4, 0.5) is 43.9 Å². The molecular formula is C23H20F6N6O2. The molecule has 0 fully saturated rings. The minimum atomic E-state index is -4.65. The minimum Gasteiger partial charge on any atom is -0.497 e. The molecule has 3 N–H and O–H groups in total. The van der Waals surface area contributed by atoms with Crippen LogP contribution in [0.5, 0.6) is 11.8 Å². The zero-order chi connectivity index (χ0) is 26.6. The number of H-pyrrole nitrogens is 1. The van der Waals surface area contributed by atoms with Crippen molar-refractivity contribution in [3.63, 3.8) is 0 Å². The molecule has 4 rings (SSSR count). The molecule has 37 heavy (non-hydrogen) atoms. The number of aromatic amines is 1. The topological polar surface area (TPSA) is 97.0 Å². The van der Waals surface area contributed by atoms with Crippen molar-refractivity contribution < 1.29 is 35.8 Å². The van der Waals surface area contributed by atoms with Gasteiger partial charge in [0.1, 0.15) is 5.75 Å². The highest BCUT2D eigenvalue weighted by atomic mass is 19.4. The van der Waals surface area contributed by atoms with Crippen LogP contribution in [0.25, 0.3) is 10.9 Å². The Kier molecular flexibility index (Phi) is 7.27. The molecule has 8 nitrogen and oxygen atoms in total. The number of rotatable bonds is 9. The summed E-state index contributed by atoms with van der Waals surface area (Å²) in [5.41, 5.74) is 0.873. The summed E-state index contributed by atoms with van der Waals surface area (Å²) in [6, 6.07) is 9.09. The zero-order valence-electron chi connectivity index (χ0n) is 19.2. The first kappa shape index (κ1) is 25.9. The molecule has 196 valence electrons. The maximum Gasteiger partial charge on any atom is 0.422 e. The van der Waals surface area contributed by atoms with Crippen molar-refractivity contribution >= 4 is 28.5 Å². The van der Waals surface area contributed by atoms with Gasteiger partial charge in [-0.1, -0.05) is 6.07 Å². The van der Waals surface area contributed by atoms with Gasteiger partial charge in [0.25, 0.3) is 0 Å². The fraction of sp³-hybridized carbons (Fsp3) is 0.261. The first-order valence-corrected chi connectivity index (χ1v) is 10.8. The summed E-state index contributed by atoms with van der Waals surface area (Å²) in [4.78, 5) is 14.8. The van der Waals surface area contributed by atoms with Crippen LogP contribution in [-0.2, 0) is 12.6 Å². The van der Waals surface area contributed by atoms with Gasteiger partial charge < -0.3 is 25.1 Å². The van der Waals surface area contributed by atoms with Crippen molar-refractivity contribution in [3.05, 3.63) is 59.8 Å². The molecule has 0 aliphatic heterocycles. The standard InChI is InChI=1S/C23H20F6N6O2/c1-36-16-5-6-17-13(11-31-18(17)10-16)7-8-30-19-33-20(35-21(34-19)37-12-22(24,25)26)32-15-4-2-3-14(9-15)23(27,28)29/h2-6,9-11,31H,7-8,12H2,1H3,(H2,30,32,33,34,35). The Balaban J connectivity index is 1.51. The van der Waals surface area contributed by atoms with Crippen LogP contribution in [0.1, 0.15) is 11.1 Å². The second kappa shape index (κ2) is 10.4. The van der Waals surface area contributed by atoms with Crippen molar-refractivity contribution in [2.75, 3.05) is 30.9 Å². The predicted octanol–water partition coefficient (Wildman–Crippen LogP) is 5.72. The third-order valence-corrected chi connectivity index (χ3v) is 5.08. The van der Waals surface area contributed by atoms with Crippen molar-refractivity contribution in [1.82, 2.24) is 19.9 Å². The fourth-order valence-corrected chi connectivity index (χ4v) is 3.41. The Morgan fingerprint density at radius 2 is 1.73 bits per heavy atom. The van der Waals surface area contributed by atoms with E-state index in [1.54, 1.807) is 7.11 Å². The fourth-order valence-electron chi connectivity index (χ4n) is 3.41. The molecule has 0 unspecified atom stereocenters. The zero-order valence-corrected chi connectivity index (χ0v) is 19.2. The van der Waals surface area contributed by atoms with Crippen LogP contribution in [0, 0.1) is 0 Å². The second-order valence-electron chi connectivity index (χ2n) is 7.77. The van der Waals surface area contributed by atoms with E-state index >= 15 is 0 Å². The first-order chi connectivity index (χ1) is 17.5. The third kappa shape index (κ3) is 6.92. The van der Waals surface area contributed by atoms with Gasteiger partial charge in [-0.05, 0) is 42.3 Å². The maximum absolute atomic E-state index is 13.0. The number of hydrogen-bond donors (Lipinski definition) is 3. The highest BCUT2D eigenvalue weighted by Gasteiger charge is 2.31. The number of halogens is 6. The maximum atomic E-state index is 13.0. The van der Waals surface area contributed by atoms with Crippen molar-refractivity contribution in [2.24, 2.45) is 0 Å². The summed E-state index contributed by atoms with van der Waals surface area (Å²) in [5.74, 6) is 0.271. The number of fused-ring (bicyclic) bond motifs is 1. The highest BCUT2D eigenvalue weighted by Crippen LogP contribution is 2.31. The van der Waals surface area contributed by atoms with Crippen LogP contribution < -0.4 is 20.1 Å². The molecule has 0 aliphatic carbocycles. The van der Waals surface area contributed by atoms with Crippen LogP contribution >= 0.6 is 0 Å². The normalized spacial score (nSPS) is 12.0. The number of ether oxygens (including phenoxy) is 2. The summed E-state index contributed by atoms with van der Waals surface area (Å²) in [5, 5.41) is 6.40. The molecule has 0 spiro atoms. The van der Waals surface area contributed by atoms with Gasteiger partial charge in [-0.3, -0.25) is 0 Å². The van der Waals surface area contributed by atoms with Crippen molar-refractivity contribution in [1.29, 1.82) is 0 Å². The number of nitrogens with one attached hydrogen (secondary N) is 3. The highest BCUT2D eigenvalue weighted by molar-refractivity contribution is 5.84. The Morgan fingerprint density at radius 1 is 0.946 bits per heavy atom. The van der Waals surface area contributed by atoms with Crippen LogP contribution in [0.3, 0.4) is 0 Å². The molecule has 2 aromatic carbocycles. The van der Waals surface area contributed by atoms with Crippen molar-refractivity contribution in [2.45, 2.75) is 18.8 Å². The Morgan fingerprint density at radius 3 is 2.46 bits per heavy atom. The molecule has 0 saturated heterocycles. The number of benzene rings is 2. The van der Waals surface area contributed by atoms with E-state index in [0.717, 1.165) is 28.6 Å². The average molecular weight is 526 g/mol. The number of alkyl halides is 6. The smallest absolute Gasteiger partial charge is 0.422 e. The molecule has 0 aliphatic rings. The van der Waals surface area contributed by atoms with Gasteiger partial charge in [0.15, 0.2) is 6.61 Å². The Labute approximate surface area is 206 Å². The number of aromatic nitrogens is 4. The van der Waals surface area contributed by atoms with Crippen LogP contribution in [0.15, 0.2) is 48.7 Å². The summed E-state index contributed by atoms with van der Waals surface area (Å²) in [7, 11) is 1.56. The number of anilines is 3. The lowest BCUT2D eigenvalue weighted by Crippen LogP contribution is -2.21. The number of methoxy groups -OCH3 is 1. The lowest BCUT2D eigenvalue weighted by Gasteiger charge is -2.13. The molecule has 4 aromatic rings. The van der Waals surface area contributed by atoms with E-state index in [1.807, 2.05) is 24.4 Å². The molecule has 14 heteroatoms. The van der Waals surface area contributed by atoms with Gasteiger partial charge >= 0.3 is 18.4 Å². The molecule has 2 heterocycles. The second-order valence-corrected chi connectivity index (χ2v) is 7.77. The Bertz CT molecular complexity index is 1370. The monoisotopic (exact) mass is 526 g/mol. The molecule has 0 bridgehead atoms. The molecule has 2 aromatic heterocycles. The average Bonchev–Trinajstić information content (AvgIpc) is 3.24. The molecule has 0 atom stereocenters. The van der Waals surface area contributed by atoms with Crippen LogP contribution in [-0.4, -0.2) is 46.4 Å². The quantitative estimate of drug-likeness (QED) is 0.240. The summed E-state index contributed by atoms with van der Waals surface area (Å²) in [6.07, 6.45) is -6.92. The SMILES string of the molecule is COc1ccc2c(CCNc3nc(Nc4cccc(C(F)(F)F)c4)nc(OCC(F)(F)F)n3)c[nH]c2c1. The molecule has 0 saturated carbocycles. The van der Waals surface area contributed by atoms with E-state index in [9.17, 15) is 26.3 Å². The van der Waals surface area contributed by atoms with Gasteiger partial charge in [0.2, 0.25) is 11.9 Å². The largest absolute Gasteiger partial charge is 0.497 e. The number of nitrogens with zero attached hydrogens (tertiary/aromatic N) is 3. The minimum absolute atomic E-state index is 0.0250. The van der Waals surface area contributed by atoms with Gasteiger partial charge in [-0.25, -0.2) is 0 Å². The van der Waals surface area contributed by atoms with Gasteiger partial charge in [-0.15, -0.1) is 0 Å². The lowest BCUT2D eigenvalue weighted by molar-refractivity contribution is -0.154. The van der Waals surface area contributed by atoms with E-state index in [4.69, 9.17) is 4.74 Å². The summed E-state index contributed by atoms with van der Waals surface area (Å²) >= 11 is 0. The third-order valence-electron chi connectivity index (χ3n) is 5.08. The molecule has 0 radical (unpaired) electrons. The first-order valence-electron chi connectivity index (χ1n) is 10.8. The van der Waals surface area contributed by atoms with E-state index in [1.165, 1.54) is 12.1 Å². The lowest BCUT2D eigenvalue weighted by atomic mass is 10.1. The van der Waals surface area contributed by atoms with E-state index < -0.39 is 30.5 Å². The summed E-state index contributed by atoms with van der Waals surface area (Å²) in [6.45, 7) is -1.37. The predicted molar refractivity (Wildman–Crippen MR) is 123 cm³/mol. The van der Waals surface area contributed by atoms with E-state index in [-0.39, 0.29) is 24.1 Å². The Hall–Kier alpha value is -4.23. The van der Waals surface area contributed by atoms with E-state index in [0.29, 0.717) is 12.2 Å². The summed E-state index contributed by atoms with van der Waals surface area (Å²) < 4.78 is 86.8. The van der Waals surface area contributed by atoms with E-state index in [2.05, 4.69) is 35.3 Å². The molecular weight excluding hydrogens is 506 g/mol. The van der Waals surface area contributed by atoms with Gasteiger partial charge in [-0.2, -0.15) is 41.3 Å².